The molecular formula is C16H21NO3. The Balaban J connectivity index is 2.08. The normalized spacial score (nSPS) is 15.6. The first-order valence-electron chi connectivity index (χ1n) is 6.96. The van der Waals surface area contributed by atoms with E-state index in [0.717, 1.165) is 24.0 Å². The van der Waals surface area contributed by atoms with Gasteiger partial charge in [0.15, 0.2) is 0 Å². The van der Waals surface area contributed by atoms with E-state index in [0.29, 0.717) is 17.9 Å². The molecule has 1 amide bonds. The molecule has 1 fully saturated rings. The summed E-state index contributed by atoms with van der Waals surface area (Å²) in [7, 11) is 1.35. The van der Waals surface area contributed by atoms with Crippen LogP contribution in [0.3, 0.4) is 0 Å². The van der Waals surface area contributed by atoms with E-state index in [1.165, 1.54) is 7.11 Å². The van der Waals surface area contributed by atoms with Crippen molar-refractivity contribution in [3.63, 3.8) is 0 Å². The number of amides is 1. The van der Waals surface area contributed by atoms with Gasteiger partial charge in [0.05, 0.1) is 7.11 Å². The lowest BCUT2D eigenvalue weighted by atomic mass is 10.1. The third-order valence-electron chi connectivity index (χ3n) is 3.54. The lowest BCUT2D eigenvalue weighted by molar-refractivity contribution is -0.143. The van der Waals surface area contributed by atoms with Gasteiger partial charge in [-0.25, -0.2) is 4.79 Å². The van der Waals surface area contributed by atoms with Gasteiger partial charge < -0.3 is 10.1 Å². The molecule has 1 saturated carbocycles. The van der Waals surface area contributed by atoms with Gasteiger partial charge in [-0.1, -0.05) is 30.0 Å². The number of methoxy groups -OCH3 is 1. The average Bonchev–Trinajstić information content (AvgIpc) is 3.19. The van der Waals surface area contributed by atoms with Crippen molar-refractivity contribution in [1.82, 2.24) is 5.32 Å². The van der Waals surface area contributed by atoms with Crippen LogP contribution in [-0.2, 0) is 9.53 Å². The van der Waals surface area contributed by atoms with Gasteiger partial charge >= 0.3 is 5.97 Å². The second-order valence-electron chi connectivity index (χ2n) is 5.60. The van der Waals surface area contributed by atoms with E-state index >= 15 is 0 Å². The van der Waals surface area contributed by atoms with Crippen LogP contribution in [0.4, 0.5) is 0 Å². The van der Waals surface area contributed by atoms with Crippen molar-refractivity contribution in [2.45, 2.75) is 39.2 Å². The topological polar surface area (TPSA) is 55.4 Å². The molecule has 1 N–H and O–H groups in total. The number of hydrogen-bond donors (Lipinski definition) is 1. The zero-order chi connectivity index (χ0) is 14.7. The molecule has 20 heavy (non-hydrogen) atoms. The van der Waals surface area contributed by atoms with Crippen LogP contribution >= 0.6 is 0 Å². The number of rotatable bonds is 5. The van der Waals surface area contributed by atoms with Crippen LogP contribution in [0.2, 0.25) is 0 Å². The molecule has 0 aliphatic heterocycles. The second-order valence-corrected chi connectivity index (χ2v) is 5.60. The molecule has 1 atom stereocenters. The van der Waals surface area contributed by atoms with Crippen LogP contribution in [0.5, 0.6) is 0 Å². The standard InChI is InChI=1S/C16H21NO3/c1-10-6-11(2)8-13(7-10)15(18)17-14(16(19)20-3)9-12-4-5-12/h6-8,12,14H,4-5,9H2,1-3H3,(H,17,18)/t14-/m0/s1. The fourth-order valence-electron chi connectivity index (χ4n) is 2.39. The summed E-state index contributed by atoms with van der Waals surface area (Å²) in [4.78, 5) is 24.0. The fourth-order valence-corrected chi connectivity index (χ4v) is 2.39. The molecule has 0 spiro atoms. The zero-order valence-electron chi connectivity index (χ0n) is 12.2. The number of nitrogens with one attached hydrogen (secondary N) is 1. The molecule has 1 aliphatic carbocycles. The summed E-state index contributed by atoms with van der Waals surface area (Å²) in [6, 6.07) is 5.13. The van der Waals surface area contributed by atoms with Crippen LogP contribution in [0, 0.1) is 19.8 Å². The summed E-state index contributed by atoms with van der Waals surface area (Å²) in [5, 5.41) is 2.80. The van der Waals surface area contributed by atoms with Gasteiger partial charge in [-0.2, -0.15) is 0 Å². The molecule has 2 rings (SSSR count). The molecule has 1 aromatic rings. The summed E-state index contributed by atoms with van der Waals surface area (Å²) in [6.07, 6.45) is 2.93. The maximum absolute atomic E-state index is 12.3. The molecule has 4 heteroatoms. The van der Waals surface area contributed by atoms with E-state index in [9.17, 15) is 9.59 Å². The Morgan fingerprint density at radius 2 is 1.85 bits per heavy atom. The van der Waals surface area contributed by atoms with Crippen LogP contribution < -0.4 is 5.32 Å². The summed E-state index contributed by atoms with van der Waals surface area (Å²) >= 11 is 0. The second kappa shape index (κ2) is 6.07. The lowest BCUT2D eigenvalue weighted by Gasteiger charge is -2.16. The summed E-state index contributed by atoms with van der Waals surface area (Å²) < 4.78 is 4.77. The highest BCUT2D eigenvalue weighted by molar-refractivity contribution is 5.97. The van der Waals surface area contributed by atoms with Gasteiger partial charge in [-0.3, -0.25) is 4.79 Å². The number of carbonyl (C=O) groups excluding carboxylic acids is 2. The summed E-state index contributed by atoms with van der Waals surface area (Å²) in [5.74, 6) is -0.0406. The quantitative estimate of drug-likeness (QED) is 0.839. The average molecular weight is 275 g/mol. The largest absolute Gasteiger partial charge is 0.467 e. The van der Waals surface area contributed by atoms with Gasteiger partial charge in [0.25, 0.3) is 5.91 Å². The fraction of sp³-hybridized carbons (Fsp3) is 0.500. The summed E-state index contributed by atoms with van der Waals surface area (Å²) in [6.45, 7) is 3.90. The molecule has 1 aliphatic rings. The highest BCUT2D eigenvalue weighted by atomic mass is 16.5. The Morgan fingerprint density at radius 3 is 2.35 bits per heavy atom. The van der Waals surface area contributed by atoms with E-state index in [1.54, 1.807) is 0 Å². The highest BCUT2D eigenvalue weighted by Crippen LogP contribution is 2.33. The van der Waals surface area contributed by atoms with Gasteiger partial charge in [0.1, 0.15) is 6.04 Å². The number of esters is 1. The van der Waals surface area contributed by atoms with Crippen molar-refractivity contribution in [3.8, 4) is 0 Å². The van der Waals surface area contributed by atoms with E-state index in [1.807, 2.05) is 32.0 Å². The number of aryl methyl sites for hydroxylation is 2. The first-order valence-corrected chi connectivity index (χ1v) is 6.96. The van der Waals surface area contributed by atoms with Gasteiger partial charge in [0.2, 0.25) is 0 Å². The van der Waals surface area contributed by atoms with E-state index in [-0.39, 0.29) is 11.9 Å². The van der Waals surface area contributed by atoms with Gasteiger partial charge in [0, 0.05) is 5.56 Å². The Labute approximate surface area is 119 Å². The van der Waals surface area contributed by atoms with Crippen LogP contribution in [0.1, 0.15) is 40.7 Å². The Morgan fingerprint density at radius 1 is 1.25 bits per heavy atom. The zero-order valence-corrected chi connectivity index (χ0v) is 12.2. The molecule has 0 bridgehead atoms. The molecule has 0 radical (unpaired) electrons. The van der Waals surface area contributed by atoms with Crippen molar-refractivity contribution in [3.05, 3.63) is 34.9 Å². The molecule has 0 heterocycles. The minimum absolute atomic E-state index is 0.215. The van der Waals surface area contributed by atoms with E-state index < -0.39 is 6.04 Å². The number of carbonyl (C=O) groups is 2. The van der Waals surface area contributed by atoms with Crippen molar-refractivity contribution in [2.75, 3.05) is 7.11 Å². The SMILES string of the molecule is COC(=O)[C@H](CC1CC1)NC(=O)c1cc(C)cc(C)c1. The molecule has 0 saturated heterocycles. The first kappa shape index (κ1) is 14.6. The first-order chi connectivity index (χ1) is 9.49. The van der Waals surface area contributed by atoms with Crippen molar-refractivity contribution >= 4 is 11.9 Å². The van der Waals surface area contributed by atoms with Crippen LogP contribution in [-0.4, -0.2) is 25.0 Å². The monoisotopic (exact) mass is 275 g/mol. The van der Waals surface area contributed by atoms with Crippen molar-refractivity contribution < 1.29 is 14.3 Å². The third-order valence-corrected chi connectivity index (χ3v) is 3.54. The van der Waals surface area contributed by atoms with E-state index in [2.05, 4.69) is 5.32 Å². The predicted molar refractivity (Wildman–Crippen MR) is 76.5 cm³/mol. The minimum atomic E-state index is -0.541. The van der Waals surface area contributed by atoms with E-state index in [4.69, 9.17) is 4.74 Å². The summed E-state index contributed by atoms with van der Waals surface area (Å²) in [5.41, 5.74) is 2.66. The molecular weight excluding hydrogens is 254 g/mol. The molecule has 0 aromatic heterocycles. The molecule has 1 aromatic carbocycles. The van der Waals surface area contributed by atoms with Gasteiger partial charge in [-0.15, -0.1) is 0 Å². The minimum Gasteiger partial charge on any atom is -0.467 e. The molecule has 108 valence electrons. The number of benzene rings is 1. The Bertz CT molecular complexity index is 500. The Kier molecular flexibility index (Phi) is 4.42. The highest BCUT2D eigenvalue weighted by Gasteiger charge is 2.31. The van der Waals surface area contributed by atoms with Gasteiger partial charge in [-0.05, 0) is 38.3 Å². The third kappa shape index (κ3) is 3.83. The lowest BCUT2D eigenvalue weighted by Crippen LogP contribution is -2.41. The van der Waals surface area contributed by atoms with Crippen molar-refractivity contribution in [2.24, 2.45) is 5.92 Å². The van der Waals surface area contributed by atoms with Crippen LogP contribution in [0.15, 0.2) is 18.2 Å². The van der Waals surface area contributed by atoms with Crippen LogP contribution in [0.25, 0.3) is 0 Å². The molecule has 0 unspecified atom stereocenters. The number of hydrogen-bond acceptors (Lipinski definition) is 3. The maximum Gasteiger partial charge on any atom is 0.328 e. The van der Waals surface area contributed by atoms with Crippen molar-refractivity contribution in [1.29, 1.82) is 0 Å². The smallest absolute Gasteiger partial charge is 0.328 e. The maximum atomic E-state index is 12.3. The number of ether oxygens (including phenoxy) is 1. The predicted octanol–water partition coefficient (Wildman–Crippen LogP) is 2.37. The Hall–Kier alpha value is -1.84. The molecule has 4 nitrogen and oxygen atoms in total.